The van der Waals surface area contributed by atoms with E-state index in [0.717, 1.165) is 0 Å². The lowest BCUT2D eigenvalue weighted by molar-refractivity contribution is -0.212. The minimum Gasteiger partial charge on any atom is -0.467 e. The predicted molar refractivity (Wildman–Crippen MR) is 127 cm³/mol. The Kier molecular flexibility index (Phi) is 10.0. The monoisotopic (exact) mass is 527 g/mol. The van der Waals surface area contributed by atoms with Crippen LogP contribution in [-0.2, 0) is 47.6 Å². The number of esters is 1. The first-order valence-electron chi connectivity index (χ1n) is 12.3. The molecule has 0 aromatic heterocycles. The first-order valence-corrected chi connectivity index (χ1v) is 12.3. The van der Waals surface area contributed by atoms with E-state index < -0.39 is 66.2 Å². The zero-order valence-electron chi connectivity index (χ0n) is 21.8. The van der Waals surface area contributed by atoms with Crippen LogP contribution in [-0.4, -0.2) is 99.6 Å². The molecular formula is C24H37N3O10. The Labute approximate surface area is 215 Å². The zero-order chi connectivity index (χ0) is 27.2. The van der Waals surface area contributed by atoms with E-state index in [1.54, 1.807) is 26.0 Å². The Bertz CT molecular complexity index is 877. The molecule has 0 saturated carbocycles. The number of carbonyl (C=O) groups excluding carboxylic acids is 4. The highest BCUT2D eigenvalue weighted by Crippen LogP contribution is 2.39. The van der Waals surface area contributed by atoms with Crippen LogP contribution in [0.5, 0.6) is 0 Å². The summed E-state index contributed by atoms with van der Waals surface area (Å²) in [7, 11) is 1.20. The van der Waals surface area contributed by atoms with Gasteiger partial charge in [0.1, 0.15) is 31.0 Å². The maximum atomic E-state index is 12.9. The van der Waals surface area contributed by atoms with Crippen molar-refractivity contribution >= 4 is 23.7 Å². The highest BCUT2D eigenvalue weighted by Gasteiger charge is 2.54. The van der Waals surface area contributed by atoms with Gasteiger partial charge < -0.3 is 44.4 Å². The van der Waals surface area contributed by atoms with Crippen molar-refractivity contribution in [1.29, 1.82) is 0 Å². The zero-order valence-corrected chi connectivity index (χ0v) is 21.8. The van der Waals surface area contributed by atoms with Crippen LogP contribution in [0.15, 0.2) is 12.2 Å². The molecule has 208 valence electrons. The van der Waals surface area contributed by atoms with Gasteiger partial charge in [0.05, 0.1) is 26.9 Å². The molecule has 0 aromatic rings. The number of nitrogens with one attached hydrogen (secondary N) is 3. The summed E-state index contributed by atoms with van der Waals surface area (Å²) in [6, 6.07) is -2.01. The van der Waals surface area contributed by atoms with Crippen molar-refractivity contribution in [2.24, 2.45) is 5.92 Å². The molecule has 0 radical (unpaired) electrons. The van der Waals surface area contributed by atoms with Gasteiger partial charge in [0.25, 0.3) is 0 Å². The van der Waals surface area contributed by atoms with Gasteiger partial charge in [-0.05, 0) is 26.2 Å². The second-order valence-electron chi connectivity index (χ2n) is 9.92. The molecule has 0 unspecified atom stereocenters. The van der Waals surface area contributed by atoms with Crippen LogP contribution < -0.4 is 16.0 Å². The third-order valence-electron chi connectivity index (χ3n) is 5.87. The van der Waals surface area contributed by atoms with Crippen LogP contribution in [0.3, 0.4) is 0 Å². The second kappa shape index (κ2) is 12.8. The lowest BCUT2D eigenvalue weighted by Gasteiger charge is -2.25. The Morgan fingerprint density at radius 1 is 1.14 bits per heavy atom. The molecule has 0 spiro atoms. The molecule has 3 heterocycles. The molecule has 2 fully saturated rings. The summed E-state index contributed by atoms with van der Waals surface area (Å²) < 4.78 is 33.8. The molecular weight excluding hydrogens is 490 g/mol. The molecule has 3 amide bonds. The molecule has 13 heteroatoms. The van der Waals surface area contributed by atoms with Crippen molar-refractivity contribution in [3.8, 4) is 0 Å². The van der Waals surface area contributed by atoms with Gasteiger partial charge in [0, 0.05) is 0 Å². The third kappa shape index (κ3) is 8.20. The van der Waals surface area contributed by atoms with Crippen molar-refractivity contribution in [3.05, 3.63) is 12.2 Å². The number of rotatable bonds is 3. The Hall–Kier alpha value is -2.58. The molecule has 3 aliphatic rings. The van der Waals surface area contributed by atoms with Gasteiger partial charge in [-0.3, -0.25) is 14.4 Å². The minimum atomic E-state index is -1.08. The fourth-order valence-electron chi connectivity index (χ4n) is 4.23. The lowest BCUT2D eigenvalue weighted by Crippen LogP contribution is -2.54. The quantitative estimate of drug-likeness (QED) is 0.311. The van der Waals surface area contributed by atoms with Crippen molar-refractivity contribution < 1.29 is 47.6 Å². The van der Waals surface area contributed by atoms with Gasteiger partial charge in [-0.15, -0.1) is 0 Å². The first-order chi connectivity index (χ1) is 17.5. The van der Waals surface area contributed by atoms with E-state index in [0.29, 0.717) is 6.42 Å². The first kappa shape index (κ1) is 29.0. The maximum absolute atomic E-state index is 12.9. The number of amides is 3. The number of methoxy groups -OCH3 is 1. The van der Waals surface area contributed by atoms with E-state index in [2.05, 4.69) is 16.0 Å². The normalized spacial score (nSPS) is 34.3. The van der Waals surface area contributed by atoms with Crippen LogP contribution in [0.2, 0.25) is 0 Å². The molecule has 0 aliphatic carbocycles. The summed E-state index contributed by atoms with van der Waals surface area (Å²) >= 11 is 0. The van der Waals surface area contributed by atoms with Crippen LogP contribution in [0, 0.1) is 5.92 Å². The molecule has 0 bridgehead atoms. The average Bonchev–Trinajstić information content (AvgIpc) is 3.29. The smallest absolute Gasteiger partial charge is 0.330 e. The summed E-state index contributed by atoms with van der Waals surface area (Å²) in [5, 5.41) is 7.68. The largest absolute Gasteiger partial charge is 0.467 e. The fraction of sp³-hybridized carbons (Fsp3) is 0.750. The number of hydrogen-bond donors (Lipinski definition) is 3. The fourth-order valence-corrected chi connectivity index (χ4v) is 4.23. The second-order valence-corrected chi connectivity index (χ2v) is 9.92. The van der Waals surface area contributed by atoms with Crippen molar-refractivity contribution in [1.82, 2.24) is 16.0 Å². The van der Waals surface area contributed by atoms with Gasteiger partial charge >= 0.3 is 5.97 Å². The summed E-state index contributed by atoms with van der Waals surface area (Å²) in [4.78, 5) is 50.1. The van der Waals surface area contributed by atoms with Gasteiger partial charge in [0.2, 0.25) is 17.7 Å². The molecule has 37 heavy (non-hydrogen) atoms. The Morgan fingerprint density at radius 2 is 1.89 bits per heavy atom. The number of carbonyl (C=O) groups is 4. The van der Waals surface area contributed by atoms with Gasteiger partial charge in [-0.25, -0.2) is 4.79 Å². The van der Waals surface area contributed by atoms with E-state index >= 15 is 0 Å². The number of ether oxygens (including phenoxy) is 6. The van der Waals surface area contributed by atoms with Crippen molar-refractivity contribution in [3.63, 3.8) is 0 Å². The van der Waals surface area contributed by atoms with Crippen LogP contribution in [0.1, 0.15) is 34.1 Å². The molecule has 6 atom stereocenters. The van der Waals surface area contributed by atoms with E-state index in [1.807, 2.05) is 13.8 Å². The van der Waals surface area contributed by atoms with Crippen molar-refractivity contribution in [2.45, 2.75) is 76.6 Å². The highest BCUT2D eigenvalue weighted by molar-refractivity contribution is 5.92. The average molecular weight is 528 g/mol. The summed E-state index contributed by atoms with van der Waals surface area (Å²) in [5.41, 5.74) is 0. The maximum Gasteiger partial charge on any atom is 0.330 e. The number of fused-ring (bicyclic) bond motifs is 3. The molecule has 0 aromatic carbocycles. The van der Waals surface area contributed by atoms with E-state index in [4.69, 9.17) is 28.4 Å². The molecule has 3 aliphatic heterocycles. The van der Waals surface area contributed by atoms with Crippen LogP contribution >= 0.6 is 0 Å². The topological polar surface area (TPSA) is 160 Å². The minimum absolute atomic E-state index is 0.0621. The van der Waals surface area contributed by atoms with E-state index in [1.165, 1.54) is 7.11 Å². The molecule has 2 saturated heterocycles. The summed E-state index contributed by atoms with van der Waals surface area (Å²) in [5.74, 6) is -3.16. The van der Waals surface area contributed by atoms with Crippen molar-refractivity contribution in [2.75, 3.05) is 33.5 Å². The molecule has 3 N–H and O–H groups in total. The SMILES string of the molecule is COC(=O)[C@@H]1COC/C=C/[C@H]2O[C@@H]3OC(C)(C)O[C@@H]3[C@H]2OCC(=O)NCC(=O)N[C@@H](CC(C)C)C(=O)N1. The third-order valence-corrected chi connectivity index (χ3v) is 5.87. The molecule has 13 nitrogen and oxygen atoms in total. The van der Waals surface area contributed by atoms with Gasteiger partial charge in [0.15, 0.2) is 18.1 Å². The summed E-state index contributed by atoms with van der Waals surface area (Å²) in [6.45, 7) is 6.52. The number of hydrogen-bond acceptors (Lipinski definition) is 10. The Morgan fingerprint density at radius 3 is 2.59 bits per heavy atom. The predicted octanol–water partition coefficient (Wildman–Crippen LogP) is -0.861. The van der Waals surface area contributed by atoms with Crippen LogP contribution in [0.4, 0.5) is 0 Å². The lowest BCUT2D eigenvalue weighted by atomic mass is 10.0. The highest BCUT2D eigenvalue weighted by atomic mass is 16.8. The van der Waals surface area contributed by atoms with Crippen LogP contribution in [0.25, 0.3) is 0 Å². The van der Waals surface area contributed by atoms with E-state index in [-0.39, 0.29) is 32.3 Å². The summed E-state index contributed by atoms with van der Waals surface area (Å²) in [6.07, 6.45) is 1.18. The standard InChI is InChI=1S/C24H37N3O10/c1-13(2)9-14-21(30)27-15(22(31)32-5)11-33-8-6-7-16-19(20-23(35-16)37-24(3,4)36-20)34-12-18(29)25-10-17(28)26-14/h6-7,13-16,19-20,23H,8-12H2,1-5H3,(H,25,29)(H,26,28)(H,27,30)/b7-6+/t14-,15-,16+,19-,20+,23+/m0/s1. The van der Waals surface area contributed by atoms with Gasteiger partial charge in [-0.2, -0.15) is 0 Å². The van der Waals surface area contributed by atoms with Gasteiger partial charge in [-0.1, -0.05) is 26.0 Å². The van der Waals surface area contributed by atoms with E-state index in [9.17, 15) is 19.2 Å². The molecule has 3 rings (SSSR count). The Balaban J connectivity index is 1.75.